The molecule has 3 aromatic rings. The molecule has 0 bridgehead atoms. The van der Waals surface area contributed by atoms with Crippen molar-refractivity contribution in [3.8, 4) is 22.8 Å². The fraction of sp³-hybridized carbons (Fsp3) is 0.238. The molecule has 7 nitrogen and oxygen atoms in total. The fourth-order valence-corrected chi connectivity index (χ4v) is 3.59. The third kappa shape index (κ3) is 3.05. The van der Waals surface area contributed by atoms with Gasteiger partial charge < -0.3 is 19.3 Å². The van der Waals surface area contributed by atoms with Crippen LogP contribution in [0.4, 0.5) is 5.82 Å². The minimum atomic E-state index is 0.0185. The van der Waals surface area contributed by atoms with Crippen molar-refractivity contribution in [1.82, 2.24) is 15.1 Å². The Labute approximate surface area is 162 Å². The molecule has 1 aromatic heterocycles. The minimum Gasteiger partial charge on any atom is -0.454 e. The maximum absolute atomic E-state index is 12.8. The van der Waals surface area contributed by atoms with Gasteiger partial charge in [-0.3, -0.25) is 9.89 Å². The van der Waals surface area contributed by atoms with Crippen molar-refractivity contribution in [2.45, 2.75) is 0 Å². The van der Waals surface area contributed by atoms with E-state index in [0.717, 1.165) is 30.2 Å². The minimum absolute atomic E-state index is 0.0185. The number of nitrogens with one attached hydrogen (secondary N) is 1. The Morgan fingerprint density at radius 2 is 1.71 bits per heavy atom. The van der Waals surface area contributed by atoms with Gasteiger partial charge in [-0.05, 0) is 23.8 Å². The molecule has 2 aromatic carbocycles. The number of hydrogen-bond donors (Lipinski definition) is 1. The summed E-state index contributed by atoms with van der Waals surface area (Å²) in [6.45, 7) is 3.01. The smallest absolute Gasteiger partial charge is 0.254 e. The number of hydrogen-bond acceptors (Lipinski definition) is 5. The molecular formula is C21H20N4O3. The van der Waals surface area contributed by atoms with Crippen LogP contribution in [0.15, 0.2) is 54.6 Å². The molecule has 0 spiro atoms. The van der Waals surface area contributed by atoms with Crippen LogP contribution in [0.1, 0.15) is 10.4 Å². The number of piperazine rings is 1. The van der Waals surface area contributed by atoms with E-state index in [1.807, 2.05) is 23.1 Å². The molecule has 0 unspecified atom stereocenters. The molecular weight excluding hydrogens is 356 g/mol. The van der Waals surface area contributed by atoms with Crippen LogP contribution in [0.5, 0.6) is 11.5 Å². The Morgan fingerprint density at radius 3 is 2.54 bits per heavy atom. The molecule has 1 N–H and O–H groups in total. The number of amides is 1. The van der Waals surface area contributed by atoms with E-state index in [0.29, 0.717) is 30.2 Å². The highest BCUT2D eigenvalue weighted by Crippen LogP contribution is 2.33. The summed E-state index contributed by atoms with van der Waals surface area (Å²) >= 11 is 0. The zero-order chi connectivity index (χ0) is 18.9. The number of aromatic nitrogens is 2. The summed E-state index contributed by atoms with van der Waals surface area (Å²) in [4.78, 5) is 16.9. The maximum atomic E-state index is 12.8. The Hall–Kier alpha value is -3.48. The van der Waals surface area contributed by atoms with Gasteiger partial charge in [-0.15, -0.1) is 0 Å². The van der Waals surface area contributed by atoms with Gasteiger partial charge >= 0.3 is 0 Å². The summed E-state index contributed by atoms with van der Waals surface area (Å²) in [5.74, 6) is 2.25. The van der Waals surface area contributed by atoms with Gasteiger partial charge in [0.2, 0.25) is 6.79 Å². The predicted molar refractivity (Wildman–Crippen MR) is 105 cm³/mol. The lowest BCUT2D eigenvalue weighted by molar-refractivity contribution is 0.0746. The van der Waals surface area contributed by atoms with Crippen molar-refractivity contribution in [3.63, 3.8) is 0 Å². The number of carbonyl (C=O) groups excluding carboxylic acids is 1. The second-order valence-electron chi connectivity index (χ2n) is 6.85. The van der Waals surface area contributed by atoms with Gasteiger partial charge in [-0.2, -0.15) is 5.10 Å². The lowest BCUT2D eigenvalue weighted by atomic mass is 10.1. The van der Waals surface area contributed by atoms with E-state index < -0.39 is 0 Å². The van der Waals surface area contributed by atoms with Crippen molar-refractivity contribution in [2.24, 2.45) is 0 Å². The Kier molecular flexibility index (Phi) is 4.12. The van der Waals surface area contributed by atoms with E-state index in [2.05, 4.69) is 33.3 Å². The summed E-state index contributed by atoms with van der Waals surface area (Å²) in [6.07, 6.45) is 0. The summed E-state index contributed by atoms with van der Waals surface area (Å²) < 4.78 is 10.7. The molecule has 0 atom stereocenters. The van der Waals surface area contributed by atoms with Crippen molar-refractivity contribution < 1.29 is 14.3 Å². The number of fused-ring (bicyclic) bond motifs is 1. The topological polar surface area (TPSA) is 70.7 Å². The molecule has 142 valence electrons. The van der Waals surface area contributed by atoms with E-state index in [1.165, 1.54) is 0 Å². The normalized spacial score (nSPS) is 15.7. The number of carbonyl (C=O) groups is 1. The summed E-state index contributed by atoms with van der Waals surface area (Å²) in [5, 5.41) is 7.56. The Bertz CT molecular complexity index is 994. The number of rotatable bonds is 3. The van der Waals surface area contributed by atoms with Crippen LogP contribution < -0.4 is 14.4 Å². The average molecular weight is 376 g/mol. The fourth-order valence-electron chi connectivity index (χ4n) is 3.59. The first kappa shape index (κ1) is 16.7. The number of H-pyrrole nitrogens is 1. The molecule has 1 fully saturated rings. The second-order valence-corrected chi connectivity index (χ2v) is 6.85. The second kappa shape index (κ2) is 6.92. The van der Waals surface area contributed by atoms with Gasteiger partial charge in [0.15, 0.2) is 17.3 Å². The first-order chi connectivity index (χ1) is 13.8. The predicted octanol–water partition coefficient (Wildman–Crippen LogP) is 2.77. The van der Waals surface area contributed by atoms with E-state index in [9.17, 15) is 4.79 Å². The van der Waals surface area contributed by atoms with Crippen LogP contribution in [-0.2, 0) is 0 Å². The van der Waals surface area contributed by atoms with Crippen molar-refractivity contribution in [2.75, 3.05) is 37.9 Å². The van der Waals surface area contributed by atoms with Crippen molar-refractivity contribution in [3.05, 3.63) is 60.2 Å². The molecule has 7 heteroatoms. The van der Waals surface area contributed by atoms with Gasteiger partial charge in [-0.25, -0.2) is 0 Å². The zero-order valence-electron chi connectivity index (χ0n) is 15.3. The highest BCUT2D eigenvalue weighted by Gasteiger charge is 2.25. The van der Waals surface area contributed by atoms with Crippen LogP contribution in [0.3, 0.4) is 0 Å². The SMILES string of the molecule is O=C(c1ccc2c(c1)OCO2)N1CCN(c2cc(-c3ccccc3)[nH]n2)CC1. The lowest BCUT2D eigenvalue weighted by Crippen LogP contribution is -2.48. The Morgan fingerprint density at radius 1 is 0.929 bits per heavy atom. The van der Waals surface area contributed by atoms with Gasteiger partial charge in [0.1, 0.15) is 0 Å². The molecule has 0 saturated carbocycles. The van der Waals surface area contributed by atoms with Crippen molar-refractivity contribution >= 4 is 11.7 Å². The van der Waals surface area contributed by atoms with Crippen LogP contribution in [0.2, 0.25) is 0 Å². The van der Waals surface area contributed by atoms with Crippen LogP contribution >= 0.6 is 0 Å². The Balaban J connectivity index is 1.24. The molecule has 28 heavy (non-hydrogen) atoms. The molecule has 3 heterocycles. The summed E-state index contributed by atoms with van der Waals surface area (Å²) in [5.41, 5.74) is 2.73. The molecule has 0 radical (unpaired) electrons. The van der Waals surface area contributed by atoms with E-state index >= 15 is 0 Å². The van der Waals surface area contributed by atoms with Gasteiger partial charge in [0, 0.05) is 37.8 Å². The summed E-state index contributed by atoms with van der Waals surface area (Å²) in [6, 6.07) is 17.5. The zero-order valence-corrected chi connectivity index (χ0v) is 15.3. The molecule has 5 rings (SSSR count). The molecule has 1 saturated heterocycles. The monoisotopic (exact) mass is 376 g/mol. The number of aromatic amines is 1. The third-order valence-electron chi connectivity index (χ3n) is 5.16. The number of nitrogens with zero attached hydrogens (tertiary/aromatic N) is 3. The quantitative estimate of drug-likeness (QED) is 0.761. The van der Waals surface area contributed by atoms with Crippen molar-refractivity contribution in [1.29, 1.82) is 0 Å². The standard InChI is InChI=1S/C21H20N4O3/c26-21(16-6-7-18-19(12-16)28-14-27-18)25-10-8-24(9-11-25)20-13-17(22-23-20)15-4-2-1-3-5-15/h1-7,12-13H,8-11,14H2,(H,22,23). The number of anilines is 1. The molecule has 0 aliphatic carbocycles. The number of ether oxygens (including phenoxy) is 2. The third-order valence-corrected chi connectivity index (χ3v) is 5.16. The van der Waals surface area contributed by atoms with Gasteiger partial charge in [-0.1, -0.05) is 30.3 Å². The van der Waals surface area contributed by atoms with Crippen LogP contribution in [0.25, 0.3) is 11.3 Å². The molecule has 1 amide bonds. The van der Waals surface area contributed by atoms with Gasteiger partial charge in [0.25, 0.3) is 5.91 Å². The summed E-state index contributed by atoms with van der Waals surface area (Å²) in [7, 11) is 0. The van der Waals surface area contributed by atoms with E-state index in [4.69, 9.17) is 9.47 Å². The highest BCUT2D eigenvalue weighted by atomic mass is 16.7. The van der Waals surface area contributed by atoms with E-state index in [-0.39, 0.29) is 12.7 Å². The van der Waals surface area contributed by atoms with E-state index in [1.54, 1.807) is 18.2 Å². The maximum Gasteiger partial charge on any atom is 0.254 e. The van der Waals surface area contributed by atoms with Crippen LogP contribution in [0, 0.1) is 0 Å². The average Bonchev–Trinajstić information content (AvgIpc) is 3.43. The highest BCUT2D eigenvalue weighted by molar-refractivity contribution is 5.95. The lowest BCUT2D eigenvalue weighted by Gasteiger charge is -2.34. The first-order valence-corrected chi connectivity index (χ1v) is 9.33. The number of benzene rings is 2. The molecule has 2 aliphatic rings. The molecule has 2 aliphatic heterocycles. The largest absolute Gasteiger partial charge is 0.454 e. The first-order valence-electron chi connectivity index (χ1n) is 9.33. The van der Waals surface area contributed by atoms with Crippen LogP contribution in [-0.4, -0.2) is 54.0 Å². The van der Waals surface area contributed by atoms with Gasteiger partial charge in [0.05, 0.1) is 5.69 Å².